The molecule has 0 saturated carbocycles. The number of rotatable bonds is 25. The second kappa shape index (κ2) is 56.1. The van der Waals surface area contributed by atoms with E-state index >= 15 is 0 Å². The fourth-order valence-corrected chi connectivity index (χ4v) is 9.22. The third kappa shape index (κ3) is 47.3. The Hall–Kier alpha value is -3.16. The zero-order chi connectivity index (χ0) is 56.4. The van der Waals surface area contributed by atoms with Gasteiger partial charge in [0.15, 0.2) is 6.29 Å². The maximum absolute atomic E-state index is 10.0. The zero-order valence-electron chi connectivity index (χ0n) is 50.2. The Morgan fingerprint density at radius 1 is 0.662 bits per heavy atom. The Labute approximate surface area is 472 Å². The summed E-state index contributed by atoms with van der Waals surface area (Å²) in [5.74, 6) is -0.670. The van der Waals surface area contributed by atoms with Crippen LogP contribution in [-0.4, -0.2) is 93.8 Å². The number of aliphatic hydroxyl groups excluding tert-OH is 1. The number of pyridine rings is 1. The third-order valence-corrected chi connectivity index (χ3v) is 13.5. The first-order chi connectivity index (χ1) is 34.8. The van der Waals surface area contributed by atoms with Crippen molar-refractivity contribution in [3.8, 4) is 0 Å². The first-order valence-electron chi connectivity index (χ1n) is 27.6. The van der Waals surface area contributed by atoms with Gasteiger partial charge in [-0.1, -0.05) is 151 Å². The van der Waals surface area contributed by atoms with E-state index in [1.807, 2.05) is 59.7 Å². The van der Waals surface area contributed by atoms with Crippen molar-refractivity contribution < 1.29 is 50.2 Å². The molecule has 0 unspecified atom stereocenters. The summed E-state index contributed by atoms with van der Waals surface area (Å²) in [5, 5.41) is 25.2. The van der Waals surface area contributed by atoms with Gasteiger partial charge in [0.25, 0.3) is 0 Å². The number of aliphatic hydroxyl groups is 2. The number of aliphatic imine (C=N–C) groups is 2. The molecule has 0 saturated heterocycles. The van der Waals surface area contributed by atoms with Crippen LogP contribution in [0.1, 0.15) is 204 Å². The topological polar surface area (TPSA) is 143 Å². The summed E-state index contributed by atoms with van der Waals surface area (Å²) in [6.07, 6.45) is 20.0. The summed E-state index contributed by atoms with van der Waals surface area (Å²) < 4.78 is 15.7. The molecule has 1 radical (unpaired) electrons. The number of carboxylic acid groups (broad SMARTS) is 1. The van der Waals surface area contributed by atoms with Gasteiger partial charge in [0.05, 0.1) is 34.2 Å². The van der Waals surface area contributed by atoms with E-state index in [-0.39, 0.29) is 16.8 Å². The minimum Gasteiger partial charge on any atom is -0.481 e. The smallest absolute Gasteiger partial charge is 0.481 e. The molecular weight excluding hydrogens is 1020 g/mol. The van der Waals surface area contributed by atoms with Gasteiger partial charge in [-0.25, -0.2) is 4.98 Å². The average molecular weight is 1130 g/mol. The van der Waals surface area contributed by atoms with Gasteiger partial charge in [-0.2, -0.15) is 0 Å². The van der Waals surface area contributed by atoms with Crippen molar-refractivity contribution in [2.24, 2.45) is 9.98 Å². The summed E-state index contributed by atoms with van der Waals surface area (Å²) in [4.78, 5) is 24.7. The van der Waals surface area contributed by atoms with Crippen LogP contribution in [0.5, 0.6) is 0 Å². The summed E-state index contributed by atoms with van der Waals surface area (Å²) in [7, 11) is 0.977. The largest absolute Gasteiger partial charge is 0.484 e. The molecule has 10 nitrogen and oxygen atoms in total. The molecule has 1 aromatic heterocycles. The number of aliphatic carboxylic acids is 1. The number of unbranched alkanes of at least 4 members (excludes halogenated alkanes) is 9. The second-order valence-corrected chi connectivity index (χ2v) is 21.3. The Morgan fingerprint density at radius 2 is 1.03 bits per heavy atom. The van der Waals surface area contributed by atoms with Crippen LogP contribution in [0, 0.1) is 41.5 Å². The van der Waals surface area contributed by atoms with Crippen LogP contribution >= 0.6 is 0 Å². The van der Waals surface area contributed by atoms with E-state index < -0.39 is 21.8 Å². The molecule has 0 spiro atoms. The van der Waals surface area contributed by atoms with Crippen LogP contribution in [0.3, 0.4) is 0 Å². The van der Waals surface area contributed by atoms with Gasteiger partial charge < -0.3 is 28.6 Å². The average Bonchev–Trinajstić information content (AvgIpc) is 3.33. The fraction of sp³-hybridized carbons (Fsp3) is 0.600. The first kappa shape index (κ1) is 79.7. The van der Waals surface area contributed by atoms with E-state index in [1.165, 1.54) is 117 Å². The number of hydrogen-bond donors (Lipinski definition) is 3. The molecule has 14 heteroatoms. The molecule has 0 fully saturated rings. The van der Waals surface area contributed by atoms with Gasteiger partial charge in [0.1, 0.15) is 0 Å². The number of benzene rings is 2. The molecule has 0 amide bonds. The number of allylic oxidation sites excluding steroid dienone is 3. The third-order valence-electron chi connectivity index (χ3n) is 10.5. The maximum Gasteiger partial charge on any atom is 0.484 e. The van der Waals surface area contributed by atoms with Gasteiger partial charge in [0.2, 0.25) is 0 Å². The molecule has 0 aliphatic heterocycles. The summed E-state index contributed by atoms with van der Waals surface area (Å²) in [6.45, 7) is 38.4. The van der Waals surface area contributed by atoms with Crippen LogP contribution in [0.2, 0.25) is 12.1 Å². The molecule has 0 aliphatic rings. The molecule has 0 aliphatic carbocycles. The summed E-state index contributed by atoms with van der Waals surface area (Å²) in [5.41, 5.74) is 12.9. The SMILES string of the molecule is C=CC.CC(=Nc1c(C)cc(C)cc1C)c1cccc(C(C)=Nc2c(C)cc(C)cc2C)n1.CC=CC[SiH3].CCCCCCCC(=O)O.CCCCCCCC(O)O.CCCC[SiH3].CCO[SiH](OCC)OCC.[Co]. The van der Waals surface area contributed by atoms with Crippen LogP contribution in [0.25, 0.3) is 0 Å². The van der Waals surface area contributed by atoms with E-state index in [1.54, 1.807) is 6.08 Å². The van der Waals surface area contributed by atoms with E-state index in [0.717, 1.165) is 59.9 Å². The van der Waals surface area contributed by atoms with Crippen LogP contribution < -0.4 is 0 Å². The Balaban J connectivity index is -0.000000297. The van der Waals surface area contributed by atoms with E-state index in [9.17, 15) is 4.79 Å². The predicted octanol–water partition coefficient (Wildman–Crippen LogP) is 14.2. The Morgan fingerprint density at radius 3 is 1.30 bits per heavy atom. The quantitative estimate of drug-likeness (QED) is 0.0250. The minimum atomic E-state index is -1.73. The van der Waals surface area contributed by atoms with Gasteiger partial charge in [-0.3, -0.25) is 14.8 Å². The van der Waals surface area contributed by atoms with Crippen molar-refractivity contribution in [3.05, 3.63) is 112 Å². The molecule has 2 aromatic carbocycles. The number of carbonyl (C=O) groups is 1. The molecular formula is C60H109CoN3O7Si3. The van der Waals surface area contributed by atoms with Crippen molar-refractivity contribution in [1.29, 1.82) is 0 Å². The van der Waals surface area contributed by atoms with Crippen molar-refractivity contribution >= 4 is 58.8 Å². The summed E-state index contributed by atoms with van der Waals surface area (Å²) >= 11 is 0. The van der Waals surface area contributed by atoms with Crippen molar-refractivity contribution in [2.45, 2.75) is 219 Å². The van der Waals surface area contributed by atoms with Gasteiger partial charge >= 0.3 is 15.5 Å². The molecule has 3 aromatic rings. The zero-order valence-corrected chi connectivity index (χ0v) is 56.4. The van der Waals surface area contributed by atoms with Crippen LogP contribution in [-0.2, 0) is 34.9 Å². The van der Waals surface area contributed by atoms with Gasteiger partial charge in [0, 0.05) is 63.5 Å². The number of aryl methyl sites for hydroxylation is 6. The van der Waals surface area contributed by atoms with Crippen molar-refractivity contribution in [1.82, 2.24) is 4.98 Å². The van der Waals surface area contributed by atoms with Crippen molar-refractivity contribution in [2.75, 3.05) is 19.8 Å². The minimum absolute atomic E-state index is 0. The van der Waals surface area contributed by atoms with E-state index in [4.69, 9.17) is 43.6 Å². The first-order valence-corrected chi connectivity index (χ1v) is 31.9. The normalized spacial score (nSPS) is 10.8. The summed E-state index contributed by atoms with van der Waals surface area (Å²) in [6, 6.07) is 17.5. The number of carboxylic acids is 1. The predicted molar refractivity (Wildman–Crippen MR) is 329 cm³/mol. The van der Waals surface area contributed by atoms with Crippen LogP contribution in [0.4, 0.5) is 11.4 Å². The molecule has 3 rings (SSSR count). The molecule has 74 heavy (non-hydrogen) atoms. The van der Waals surface area contributed by atoms with E-state index in [0.29, 0.717) is 32.7 Å². The van der Waals surface area contributed by atoms with Crippen LogP contribution in [0.15, 0.2) is 77.3 Å². The monoisotopic (exact) mass is 1130 g/mol. The standard InChI is InChI=1S/C27H31N3.C8H18O2.C8H16O2.C6H16O3Si.C4H12Si.C4H10Si.C3H6.Co/c1-16-12-18(3)26(19(4)13-16)28-22(7)24-10-9-11-25(30-24)23(8)29-27-20(5)14-17(2)15-21(27)6;2*1-2-3-4-5-6-7-8(9)10;1-4-7-10(8-5-2)9-6-3;2*1-2-3-4-5;1-3-2;/h9-15H,1-8H3;8-10H,2-7H2,1H3;2-7H2,1H3,(H,9,10);10H,4-6H2,1-3H3;2-4H2,1,5H3;2-3H,4H2,1,5H3;3H,1H2,2H3;. The Bertz CT molecular complexity index is 1760. The van der Waals surface area contributed by atoms with Crippen molar-refractivity contribution in [3.63, 3.8) is 0 Å². The number of nitrogens with zero attached hydrogens (tertiary/aromatic N) is 3. The number of hydrogen-bond acceptors (Lipinski definition) is 9. The maximum atomic E-state index is 10.0. The Kier molecular flexibility index (Phi) is 60.4. The molecule has 1 heterocycles. The number of aromatic nitrogens is 1. The second-order valence-electron chi connectivity index (χ2n) is 17.9. The van der Waals surface area contributed by atoms with E-state index in [2.05, 4.69) is 112 Å². The molecule has 3 N–H and O–H groups in total. The molecule has 0 bridgehead atoms. The van der Waals surface area contributed by atoms with Gasteiger partial charge in [-0.05, 0) is 150 Å². The fourth-order valence-electron chi connectivity index (χ4n) is 6.94. The van der Waals surface area contributed by atoms with Gasteiger partial charge in [-0.15, -0.1) is 6.58 Å². The molecule has 0 atom stereocenters. The molecule has 427 valence electrons.